The second kappa shape index (κ2) is 52.7. The molecular formula is C43H88N4O13. The normalized spacial score (nSPS) is 11.7. The third-order valence-corrected chi connectivity index (χ3v) is 8.12. The number of hydrogen-bond donors (Lipinski definition) is 4. The maximum atomic E-state index is 12.5. The van der Waals surface area contributed by atoms with Gasteiger partial charge in [-0.2, -0.15) is 0 Å². The number of carbonyl (C=O) groups excluding carboxylic acids is 4. The zero-order chi connectivity index (χ0) is 45.2. The molecule has 0 aliphatic rings. The summed E-state index contributed by atoms with van der Waals surface area (Å²) in [6.45, 7) is 23.1. The minimum atomic E-state index is -0.464. The maximum Gasteiger partial charge on any atom is 0.245 e. The van der Waals surface area contributed by atoms with Gasteiger partial charge in [0.1, 0.15) is 19.8 Å². The Labute approximate surface area is 363 Å². The molecule has 0 aromatic heterocycles. The standard InChI is InChI=1S/C29H57N3O9.C8H17NO4.C6H14/c1-5-36-15-17-38-19-21-40-23-27(33)30-13-9-7-11-25(3)29(35)32-26(4)12-8-10-14-31-28(34)24-41-22-20-39-18-16-37-6-2;1-2-11-3-4-12-5-6-13-7-8(9)10;1-3-5-6-4-2/h25-26H,5-24H2,1-4H3,(H,30,33)(H,31,34)(H,32,35);2-7H2,1H3,(H2,9,10);3-6H2,1-2H3/t25-,26+;;/m0../s1. The van der Waals surface area contributed by atoms with Crippen molar-refractivity contribution in [3.05, 3.63) is 0 Å². The van der Waals surface area contributed by atoms with E-state index in [2.05, 4.69) is 29.8 Å². The summed E-state index contributed by atoms with van der Waals surface area (Å²) in [6.07, 6.45) is 10.5. The Morgan fingerprint density at radius 3 is 1.17 bits per heavy atom. The molecule has 2 atom stereocenters. The van der Waals surface area contributed by atoms with E-state index in [0.717, 1.165) is 38.5 Å². The topological polar surface area (TPSA) is 213 Å². The quantitative estimate of drug-likeness (QED) is 0.0641. The lowest BCUT2D eigenvalue weighted by atomic mass is 10.0. The Morgan fingerprint density at radius 1 is 0.450 bits per heavy atom. The summed E-state index contributed by atoms with van der Waals surface area (Å²) in [5, 5.41) is 8.75. The van der Waals surface area contributed by atoms with E-state index < -0.39 is 5.91 Å². The van der Waals surface area contributed by atoms with Crippen LogP contribution in [0.25, 0.3) is 0 Å². The number of primary amides is 1. The molecule has 5 N–H and O–H groups in total. The molecule has 0 aliphatic carbocycles. The Bertz CT molecular complexity index is 933. The predicted molar refractivity (Wildman–Crippen MR) is 234 cm³/mol. The highest BCUT2D eigenvalue weighted by atomic mass is 16.6. The molecule has 17 nitrogen and oxygen atoms in total. The predicted octanol–water partition coefficient (Wildman–Crippen LogP) is 3.97. The van der Waals surface area contributed by atoms with Crippen molar-refractivity contribution >= 4 is 23.6 Å². The van der Waals surface area contributed by atoms with E-state index in [0.29, 0.717) is 112 Å². The number of nitrogens with one attached hydrogen (secondary N) is 3. The summed E-state index contributed by atoms with van der Waals surface area (Å²) in [4.78, 5) is 46.3. The van der Waals surface area contributed by atoms with Gasteiger partial charge in [0.05, 0.1) is 79.3 Å². The van der Waals surface area contributed by atoms with Gasteiger partial charge in [-0.1, -0.05) is 52.9 Å². The van der Waals surface area contributed by atoms with Crippen LogP contribution in [-0.4, -0.2) is 162 Å². The van der Waals surface area contributed by atoms with Gasteiger partial charge in [-0.3, -0.25) is 19.2 Å². The third-order valence-electron chi connectivity index (χ3n) is 8.12. The second-order valence-electron chi connectivity index (χ2n) is 13.8. The van der Waals surface area contributed by atoms with Crippen LogP contribution in [0.4, 0.5) is 0 Å². The number of carbonyl (C=O) groups is 4. The van der Waals surface area contributed by atoms with E-state index in [1.807, 2.05) is 34.6 Å². The molecule has 0 fully saturated rings. The fourth-order valence-corrected chi connectivity index (χ4v) is 4.75. The van der Waals surface area contributed by atoms with Gasteiger partial charge in [0.15, 0.2) is 0 Å². The van der Waals surface area contributed by atoms with Gasteiger partial charge in [0, 0.05) is 44.9 Å². The summed E-state index contributed by atoms with van der Waals surface area (Å²) in [5.74, 6) is -0.799. The molecule has 0 saturated carbocycles. The molecule has 0 rings (SSSR count). The van der Waals surface area contributed by atoms with Crippen LogP contribution in [0.1, 0.15) is 113 Å². The molecule has 0 aromatic rings. The lowest BCUT2D eigenvalue weighted by molar-refractivity contribution is -0.127. The molecule has 0 heterocycles. The molecule has 60 heavy (non-hydrogen) atoms. The molecule has 17 heteroatoms. The van der Waals surface area contributed by atoms with Crippen molar-refractivity contribution in [1.29, 1.82) is 0 Å². The Balaban J connectivity index is -0.00000140. The van der Waals surface area contributed by atoms with Crippen LogP contribution >= 0.6 is 0 Å². The first-order valence-corrected chi connectivity index (χ1v) is 22.4. The highest BCUT2D eigenvalue weighted by Gasteiger charge is 2.15. The molecule has 0 unspecified atom stereocenters. The van der Waals surface area contributed by atoms with Crippen LogP contribution in [0.5, 0.6) is 0 Å². The third kappa shape index (κ3) is 55.5. The summed E-state index contributed by atoms with van der Waals surface area (Å²) in [6, 6.07) is 0.0704. The fraction of sp³-hybridized carbons (Fsp3) is 0.907. The number of ether oxygens (including phenoxy) is 9. The number of nitrogens with two attached hydrogens (primary N) is 1. The first-order chi connectivity index (χ1) is 29.1. The van der Waals surface area contributed by atoms with E-state index in [1.165, 1.54) is 25.7 Å². The van der Waals surface area contributed by atoms with E-state index in [-0.39, 0.29) is 49.5 Å². The molecule has 0 radical (unpaired) electrons. The zero-order valence-electron chi connectivity index (χ0n) is 38.8. The van der Waals surface area contributed by atoms with Gasteiger partial charge in [-0.25, -0.2) is 0 Å². The van der Waals surface area contributed by atoms with Gasteiger partial charge in [0.2, 0.25) is 23.6 Å². The average molecular weight is 869 g/mol. The minimum Gasteiger partial charge on any atom is -0.379 e. The summed E-state index contributed by atoms with van der Waals surface area (Å²) in [5.41, 5.74) is 4.85. The van der Waals surface area contributed by atoms with Crippen molar-refractivity contribution in [1.82, 2.24) is 16.0 Å². The lowest BCUT2D eigenvalue weighted by Gasteiger charge is -2.17. The minimum absolute atomic E-state index is 0.0121. The van der Waals surface area contributed by atoms with E-state index in [9.17, 15) is 19.2 Å². The molecule has 0 spiro atoms. The van der Waals surface area contributed by atoms with Crippen LogP contribution < -0.4 is 21.7 Å². The van der Waals surface area contributed by atoms with E-state index >= 15 is 0 Å². The van der Waals surface area contributed by atoms with Gasteiger partial charge in [-0.05, 0) is 59.8 Å². The highest BCUT2D eigenvalue weighted by molar-refractivity contribution is 5.78. The first-order valence-electron chi connectivity index (χ1n) is 22.4. The lowest BCUT2D eigenvalue weighted by Crippen LogP contribution is -2.36. The summed E-state index contributed by atoms with van der Waals surface area (Å²) in [7, 11) is 0. The van der Waals surface area contributed by atoms with Crippen molar-refractivity contribution in [2.45, 2.75) is 119 Å². The molecule has 0 aliphatic heterocycles. The number of amides is 4. The van der Waals surface area contributed by atoms with Crippen LogP contribution in [-0.2, 0) is 61.8 Å². The van der Waals surface area contributed by atoms with Crippen LogP contribution in [0.3, 0.4) is 0 Å². The van der Waals surface area contributed by atoms with Crippen molar-refractivity contribution in [2.24, 2.45) is 11.7 Å². The van der Waals surface area contributed by atoms with E-state index in [1.54, 1.807) is 0 Å². The molecule has 0 bridgehead atoms. The largest absolute Gasteiger partial charge is 0.379 e. The molecule has 358 valence electrons. The van der Waals surface area contributed by atoms with Gasteiger partial charge in [0.25, 0.3) is 0 Å². The Kier molecular flexibility index (Phi) is 54.3. The van der Waals surface area contributed by atoms with Crippen molar-refractivity contribution in [3.63, 3.8) is 0 Å². The summed E-state index contributed by atoms with van der Waals surface area (Å²) < 4.78 is 46.6. The maximum absolute atomic E-state index is 12.5. The highest BCUT2D eigenvalue weighted by Crippen LogP contribution is 2.09. The number of rotatable bonds is 42. The first kappa shape index (κ1) is 61.8. The van der Waals surface area contributed by atoms with Gasteiger partial charge < -0.3 is 64.3 Å². The van der Waals surface area contributed by atoms with Crippen molar-refractivity contribution in [3.8, 4) is 0 Å². The van der Waals surface area contributed by atoms with Gasteiger partial charge in [-0.15, -0.1) is 0 Å². The average Bonchev–Trinajstić information content (AvgIpc) is 3.23. The SMILES string of the molecule is CCCCCC.CCOCCOCCOCC(=O)NCCCC[C@@H](C)NC(=O)[C@@H](C)CCCCNC(=O)COCCOCCOCC.CCOCCOCCOCC(N)=O. The summed E-state index contributed by atoms with van der Waals surface area (Å²) >= 11 is 0. The number of hydrogen-bond acceptors (Lipinski definition) is 13. The van der Waals surface area contributed by atoms with Crippen LogP contribution in [0.2, 0.25) is 0 Å². The molecule has 0 aromatic carbocycles. The Morgan fingerprint density at radius 2 is 0.800 bits per heavy atom. The fourth-order valence-electron chi connectivity index (χ4n) is 4.75. The van der Waals surface area contributed by atoms with Crippen molar-refractivity contribution in [2.75, 3.05) is 132 Å². The van der Waals surface area contributed by atoms with E-state index in [4.69, 9.17) is 48.4 Å². The van der Waals surface area contributed by atoms with Crippen LogP contribution in [0, 0.1) is 5.92 Å². The number of unbranched alkanes of at least 4 members (excludes halogenated alkanes) is 5. The second-order valence-corrected chi connectivity index (χ2v) is 13.8. The van der Waals surface area contributed by atoms with Crippen molar-refractivity contribution < 1.29 is 61.8 Å². The monoisotopic (exact) mass is 869 g/mol. The molecule has 4 amide bonds. The van der Waals surface area contributed by atoms with Gasteiger partial charge >= 0.3 is 0 Å². The Hall–Kier alpha value is -2.48. The smallest absolute Gasteiger partial charge is 0.245 e. The molecular weight excluding hydrogens is 780 g/mol. The van der Waals surface area contributed by atoms with Crippen LogP contribution in [0.15, 0.2) is 0 Å². The zero-order valence-corrected chi connectivity index (χ0v) is 38.8. The molecule has 0 saturated heterocycles.